The number of hydrogen-bond acceptors (Lipinski definition) is 0. The van der Waals surface area contributed by atoms with E-state index < -0.39 is 0 Å². The van der Waals surface area contributed by atoms with Crippen LogP contribution in [-0.2, 0) is 6.16 Å². The SMILES string of the molecule is PCc1cccc2cc3ccccc3cc12. The van der Waals surface area contributed by atoms with Gasteiger partial charge in [0.05, 0.1) is 0 Å². The van der Waals surface area contributed by atoms with E-state index in [1.54, 1.807) is 0 Å². The van der Waals surface area contributed by atoms with E-state index in [2.05, 4.69) is 63.8 Å². The fraction of sp³-hybridized carbons (Fsp3) is 0.0667. The summed E-state index contributed by atoms with van der Waals surface area (Å²) in [4.78, 5) is 0. The van der Waals surface area contributed by atoms with E-state index in [1.165, 1.54) is 27.1 Å². The van der Waals surface area contributed by atoms with E-state index in [4.69, 9.17) is 0 Å². The maximum Gasteiger partial charge on any atom is -0.0122 e. The number of hydrogen-bond donors (Lipinski definition) is 0. The van der Waals surface area contributed by atoms with Crippen LogP contribution in [0.5, 0.6) is 0 Å². The van der Waals surface area contributed by atoms with Gasteiger partial charge in [0.2, 0.25) is 0 Å². The van der Waals surface area contributed by atoms with Gasteiger partial charge in [0.15, 0.2) is 0 Å². The van der Waals surface area contributed by atoms with Crippen molar-refractivity contribution in [3.63, 3.8) is 0 Å². The van der Waals surface area contributed by atoms with Gasteiger partial charge in [-0.3, -0.25) is 0 Å². The first kappa shape index (κ1) is 9.81. The second-order valence-corrected chi connectivity index (χ2v) is 4.45. The highest BCUT2D eigenvalue weighted by atomic mass is 31.0. The summed E-state index contributed by atoms with van der Waals surface area (Å²) in [5.41, 5.74) is 1.40. The standard InChI is InChI=1S/C15H13P/c16-10-14-7-3-6-13-8-11-4-1-2-5-12(11)9-15(13)14/h1-9H,10,16H2. The molecule has 0 nitrogen and oxygen atoms in total. The summed E-state index contributed by atoms with van der Waals surface area (Å²) in [6.45, 7) is 0. The summed E-state index contributed by atoms with van der Waals surface area (Å²) in [6.07, 6.45) is 1.01. The lowest BCUT2D eigenvalue weighted by Gasteiger charge is -2.06. The van der Waals surface area contributed by atoms with E-state index in [0.717, 1.165) is 6.16 Å². The highest BCUT2D eigenvalue weighted by molar-refractivity contribution is 7.15. The summed E-state index contributed by atoms with van der Waals surface area (Å²) in [6, 6.07) is 19.6. The maximum absolute atomic E-state index is 2.80. The molecule has 0 heterocycles. The van der Waals surface area contributed by atoms with Crippen LogP contribution in [0.2, 0.25) is 0 Å². The molecule has 1 atom stereocenters. The quantitative estimate of drug-likeness (QED) is 0.425. The molecule has 0 saturated heterocycles. The Kier molecular flexibility index (Phi) is 2.38. The van der Waals surface area contributed by atoms with Crippen molar-refractivity contribution in [2.24, 2.45) is 0 Å². The Morgan fingerprint density at radius 1 is 0.750 bits per heavy atom. The van der Waals surface area contributed by atoms with Crippen LogP contribution in [0.4, 0.5) is 0 Å². The highest BCUT2D eigenvalue weighted by Gasteiger charge is 2.00. The van der Waals surface area contributed by atoms with Crippen LogP contribution in [0.25, 0.3) is 21.5 Å². The lowest BCUT2D eigenvalue weighted by molar-refractivity contribution is 1.48. The summed E-state index contributed by atoms with van der Waals surface area (Å²) < 4.78 is 0. The predicted octanol–water partition coefficient (Wildman–Crippen LogP) is 4.37. The summed E-state index contributed by atoms with van der Waals surface area (Å²) >= 11 is 0. The fourth-order valence-corrected chi connectivity index (χ4v) is 2.57. The zero-order chi connectivity index (χ0) is 11.0. The van der Waals surface area contributed by atoms with E-state index in [0.29, 0.717) is 0 Å². The third-order valence-corrected chi connectivity index (χ3v) is 3.50. The Hall–Kier alpha value is -1.39. The van der Waals surface area contributed by atoms with Crippen LogP contribution in [0.15, 0.2) is 54.6 Å². The van der Waals surface area contributed by atoms with Gasteiger partial charge in [0.1, 0.15) is 0 Å². The average molecular weight is 224 g/mol. The first-order chi connectivity index (χ1) is 7.88. The van der Waals surface area contributed by atoms with Gasteiger partial charge >= 0.3 is 0 Å². The Bertz CT molecular complexity index is 656. The van der Waals surface area contributed by atoms with Gasteiger partial charge in [-0.05, 0) is 45.4 Å². The van der Waals surface area contributed by atoms with Crippen LogP contribution in [0.1, 0.15) is 5.56 Å². The van der Waals surface area contributed by atoms with Crippen molar-refractivity contribution in [2.75, 3.05) is 0 Å². The van der Waals surface area contributed by atoms with Gasteiger partial charge in [-0.2, -0.15) is 0 Å². The van der Waals surface area contributed by atoms with Crippen molar-refractivity contribution >= 4 is 30.8 Å². The third kappa shape index (κ3) is 1.50. The number of rotatable bonds is 1. The molecule has 16 heavy (non-hydrogen) atoms. The summed E-state index contributed by atoms with van der Waals surface area (Å²) in [5, 5.41) is 5.34. The van der Waals surface area contributed by atoms with Gasteiger partial charge in [-0.25, -0.2) is 0 Å². The molecule has 0 fully saturated rings. The number of fused-ring (bicyclic) bond motifs is 2. The first-order valence-corrected chi connectivity index (χ1v) is 6.30. The molecule has 0 bridgehead atoms. The molecule has 0 aliphatic carbocycles. The van der Waals surface area contributed by atoms with E-state index >= 15 is 0 Å². The molecule has 0 N–H and O–H groups in total. The molecule has 3 rings (SSSR count). The molecular weight excluding hydrogens is 211 g/mol. The Morgan fingerprint density at radius 3 is 2.19 bits per heavy atom. The Balaban J connectivity index is 2.46. The Labute approximate surface area is 97.5 Å². The van der Waals surface area contributed by atoms with Crippen LogP contribution in [-0.4, -0.2) is 0 Å². The largest absolute Gasteiger partial charge is 0.133 e. The molecule has 0 radical (unpaired) electrons. The molecule has 0 aliphatic rings. The zero-order valence-electron chi connectivity index (χ0n) is 8.98. The third-order valence-electron chi connectivity index (χ3n) is 3.06. The molecule has 0 spiro atoms. The van der Waals surface area contributed by atoms with Crippen LogP contribution in [0.3, 0.4) is 0 Å². The summed E-state index contributed by atoms with van der Waals surface area (Å²) in [5.74, 6) is 0. The monoisotopic (exact) mass is 224 g/mol. The van der Waals surface area contributed by atoms with Crippen LogP contribution >= 0.6 is 9.24 Å². The van der Waals surface area contributed by atoms with Crippen LogP contribution in [0, 0.1) is 0 Å². The molecular formula is C15H13P. The smallest absolute Gasteiger partial charge is 0.0122 e. The molecule has 3 aromatic rings. The highest BCUT2D eigenvalue weighted by Crippen LogP contribution is 2.26. The van der Waals surface area contributed by atoms with Gasteiger partial charge in [0, 0.05) is 0 Å². The minimum Gasteiger partial charge on any atom is -0.133 e. The second-order valence-electron chi connectivity index (χ2n) is 4.04. The lowest BCUT2D eigenvalue weighted by atomic mass is 10.0. The van der Waals surface area contributed by atoms with Crippen molar-refractivity contribution in [3.8, 4) is 0 Å². The Morgan fingerprint density at radius 2 is 1.44 bits per heavy atom. The van der Waals surface area contributed by atoms with E-state index in [9.17, 15) is 0 Å². The normalized spacial score (nSPS) is 11.1. The maximum atomic E-state index is 2.80. The van der Waals surface area contributed by atoms with Crippen molar-refractivity contribution in [1.82, 2.24) is 0 Å². The van der Waals surface area contributed by atoms with Crippen molar-refractivity contribution in [3.05, 3.63) is 60.2 Å². The minimum absolute atomic E-state index is 1.01. The molecule has 78 valence electrons. The zero-order valence-corrected chi connectivity index (χ0v) is 10.1. The first-order valence-electron chi connectivity index (χ1n) is 5.49. The van der Waals surface area contributed by atoms with Gasteiger partial charge in [-0.1, -0.05) is 42.5 Å². The van der Waals surface area contributed by atoms with Crippen molar-refractivity contribution < 1.29 is 0 Å². The van der Waals surface area contributed by atoms with Gasteiger partial charge in [0.25, 0.3) is 0 Å². The predicted molar refractivity (Wildman–Crippen MR) is 74.9 cm³/mol. The van der Waals surface area contributed by atoms with E-state index in [1.807, 2.05) is 0 Å². The fourth-order valence-electron chi connectivity index (χ4n) is 2.21. The minimum atomic E-state index is 1.01. The average Bonchev–Trinajstić information content (AvgIpc) is 2.35. The van der Waals surface area contributed by atoms with Crippen molar-refractivity contribution in [2.45, 2.75) is 6.16 Å². The van der Waals surface area contributed by atoms with Crippen molar-refractivity contribution in [1.29, 1.82) is 0 Å². The molecule has 1 unspecified atom stereocenters. The molecule has 0 aliphatic heterocycles. The number of benzene rings is 3. The molecule has 0 saturated carbocycles. The van der Waals surface area contributed by atoms with E-state index in [-0.39, 0.29) is 0 Å². The van der Waals surface area contributed by atoms with Gasteiger partial charge < -0.3 is 0 Å². The lowest BCUT2D eigenvalue weighted by Crippen LogP contribution is -1.82. The molecule has 1 heteroatoms. The topological polar surface area (TPSA) is 0 Å². The molecule has 0 amide bonds. The van der Waals surface area contributed by atoms with Crippen LogP contribution < -0.4 is 0 Å². The molecule has 3 aromatic carbocycles. The summed E-state index contributed by atoms with van der Waals surface area (Å²) in [7, 11) is 2.80. The van der Waals surface area contributed by atoms with Gasteiger partial charge in [-0.15, -0.1) is 9.24 Å². The second kappa shape index (κ2) is 3.88. The molecule has 0 aromatic heterocycles.